The molecule has 0 atom stereocenters. The highest BCUT2D eigenvalue weighted by Gasteiger charge is 1.85. The van der Waals surface area contributed by atoms with Gasteiger partial charge in [-0.2, -0.15) is 0 Å². The summed E-state index contributed by atoms with van der Waals surface area (Å²) in [6.07, 6.45) is 3.89. The van der Waals surface area contributed by atoms with Gasteiger partial charge >= 0.3 is 0 Å². The summed E-state index contributed by atoms with van der Waals surface area (Å²) in [7, 11) is 1.00. The molecular formula is C10H13NO2. The van der Waals surface area contributed by atoms with Gasteiger partial charge in [0.15, 0.2) is 0 Å². The van der Waals surface area contributed by atoms with Crippen LogP contribution in [0.3, 0.4) is 0 Å². The zero-order valence-electron chi connectivity index (χ0n) is 7.47. The largest absolute Gasteiger partial charge is 0.400 e. The van der Waals surface area contributed by atoms with Gasteiger partial charge in [-0.1, -0.05) is 18.2 Å². The number of hydrogen-bond donors (Lipinski definition) is 2. The predicted octanol–water partition coefficient (Wildman–Crippen LogP) is 1.09. The zero-order valence-corrected chi connectivity index (χ0v) is 7.47. The SMILES string of the molecule is CO.Nc1cccc(/C=C/C=O)c1. The lowest BCUT2D eigenvalue weighted by atomic mass is 10.2. The van der Waals surface area contributed by atoms with E-state index < -0.39 is 0 Å². The average molecular weight is 179 g/mol. The zero-order chi connectivity index (χ0) is 10.1. The molecule has 3 heteroatoms. The van der Waals surface area contributed by atoms with Gasteiger partial charge in [0.05, 0.1) is 0 Å². The van der Waals surface area contributed by atoms with Crippen LogP contribution in [-0.2, 0) is 4.79 Å². The van der Waals surface area contributed by atoms with Gasteiger partial charge in [0.1, 0.15) is 6.29 Å². The van der Waals surface area contributed by atoms with E-state index in [4.69, 9.17) is 10.8 Å². The number of anilines is 1. The number of allylic oxidation sites excluding steroid dienone is 1. The Bertz CT molecular complexity index is 282. The minimum absolute atomic E-state index is 0.707. The summed E-state index contributed by atoms with van der Waals surface area (Å²) in [4.78, 5) is 9.95. The molecule has 0 fully saturated rings. The lowest BCUT2D eigenvalue weighted by Crippen LogP contribution is -1.83. The van der Waals surface area contributed by atoms with Crippen molar-refractivity contribution >= 4 is 18.0 Å². The molecule has 3 N–H and O–H groups in total. The third-order valence-corrected chi connectivity index (χ3v) is 1.28. The summed E-state index contributed by atoms with van der Waals surface area (Å²) < 4.78 is 0. The van der Waals surface area contributed by atoms with Crippen molar-refractivity contribution < 1.29 is 9.90 Å². The first kappa shape index (κ1) is 11.4. The molecule has 0 aromatic heterocycles. The van der Waals surface area contributed by atoms with Crippen molar-refractivity contribution in [2.45, 2.75) is 0 Å². The lowest BCUT2D eigenvalue weighted by molar-refractivity contribution is -0.104. The van der Waals surface area contributed by atoms with Crippen molar-refractivity contribution in [3.63, 3.8) is 0 Å². The fourth-order valence-electron chi connectivity index (χ4n) is 0.813. The van der Waals surface area contributed by atoms with Crippen LogP contribution in [0.4, 0.5) is 5.69 Å². The number of carbonyl (C=O) groups excluding carboxylic acids is 1. The van der Waals surface area contributed by atoms with E-state index in [1.54, 1.807) is 18.2 Å². The van der Waals surface area contributed by atoms with Crippen LogP contribution in [0.25, 0.3) is 6.08 Å². The van der Waals surface area contributed by atoms with Crippen LogP contribution in [0.1, 0.15) is 5.56 Å². The van der Waals surface area contributed by atoms with Gasteiger partial charge < -0.3 is 10.8 Å². The van der Waals surface area contributed by atoms with E-state index in [2.05, 4.69) is 0 Å². The summed E-state index contributed by atoms with van der Waals surface area (Å²) in [6.45, 7) is 0. The Morgan fingerprint density at radius 2 is 2.08 bits per heavy atom. The third kappa shape index (κ3) is 4.76. The van der Waals surface area contributed by atoms with E-state index in [1.165, 1.54) is 6.08 Å². The Labute approximate surface area is 77.5 Å². The maximum absolute atomic E-state index is 9.95. The fraction of sp³-hybridized carbons (Fsp3) is 0.100. The molecule has 1 rings (SSSR count). The number of aldehydes is 1. The van der Waals surface area contributed by atoms with E-state index >= 15 is 0 Å². The molecule has 0 spiro atoms. The molecule has 0 bridgehead atoms. The topological polar surface area (TPSA) is 63.3 Å². The lowest BCUT2D eigenvalue weighted by Gasteiger charge is -1.93. The number of aliphatic hydroxyl groups excluding tert-OH is 1. The van der Waals surface area contributed by atoms with Crippen LogP contribution in [-0.4, -0.2) is 18.5 Å². The first-order valence-corrected chi connectivity index (χ1v) is 3.75. The summed E-state index contributed by atoms with van der Waals surface area (Å²) in [5.74, 6) is 0. The molecule has 0 amide bonds. The minimum atomic E-state index is 0.707. The van der Waals surface area contributed by atoms with Gasteiger partial charge in [0.25, 0.3) is 0 Å². The molecule has 0 aliphatic rings. The van der Waals surface area contributed by atoms with Crippen molar-refractivity contribution in [2.75, 3.05) is 12.8 Å². The Balaban J connectivity index is 0.000000671. The van der Waals surface area contributed by atoms with E-state index in [0.29, 0.717) is 5.69 Å². The Hall–Kier alpha value is -1.61. The predicted molar refractivity (Wildman–Crippen MR) is 54.1 cm³/mol. The van der Waals surface area contributed by atoms with E-state index in [1.807, 2.05) is 12.1 Å². The molecule has 0 saturated heterocycles. The highest BCUT2D eigenvalue weighted by Crippen LogP contribution is 2.07. The average Bonchev–Trinajstić information content (AvgIpc) is 2.18. The quantitative estimate of drug-likeness (QED) is 0.406. The second-order valence-electron chi connectivity index (χ2n) is 2.17. The number of aliphatic hydroxyl groups is 1. The first-order chi connectivity index (χ1) is 6.33. The van der Waals surface area contributed by atoms with Crippen LogP contribution in [0, 0.1) is 0 Å². The molecule has 0 saturated carbocycles. The van der Waals surface area contributed by atoms with Crippen LogP contribution in [0.5, 0.6) is 0 Å². The fourth-order valence-corrected chi connectivity index (χ4v) is 0.813. The first-order valence-electron chi connectivity index (χ1n) is 3.75. The molecule has 1 aromatic carbocycles. The van der Waals surface area contributed by atoms with Crippen molar-refractivity contribution in [3.8, 4) is 0 Å². The van der Waals surface area contributed by atoms with Crippen molar-refractivity contribution in [1.82, 2.24) is 0 Å². The monoisotopic (exact) mass is 179 g/mol. The Kier molecular flexibility index (Phi) is 6.19. The van der Waals surface area contributed by atoms with E-state index in [-0.39, 0.29) is 0 Å². The number of rotatable bonds is 2. The third-order valence-electron chi connectivity index (χ3n) is 1.28. The molecule has 0 unspecified atom stereocenters. The Morgan fingerprint density at radius 3 is 2.62 bits per heavy atom. The molecular weight excluding hydrogens is 166 g/mol. The van der Waals surface area contributed by atoms with Crippen LogP contribution >= 0.6 is 0 Å². The normalized spacial score (nSPS) is 9.08. The molecule has 0 aliphatic heterocycles. The highest BCUT2D eigenvalue weighted by atomic mass is 16.2. The number of hydrogen-bond acceptors (Lipinski definition) is 3. The van der Waals surface area contributed by atoms with Crippen LogP contribution in [0.15, 0.2) is 30.3 Å². The van der Waals surface area contributed by atoms with Crippen LogP contribution < -0.4 is 5.73 Å². The van der Waals surface area contributed by atoms with Gasteiger partial charge in [0.2, 0.25) is 0 Å². The number of carbonyl (C=O) groups is 1. The van der Waals surface area contributed by atoms with E-state index in [0.717, 1.165) is 19.0 Å². The Morgan fingerprint density at radius 1 is 1.38 bits per heavy atom. The summed E-state index contributed by atoms with van der Waals surface area (Å²) in [5, 5.41) is 7.00. The van der Waals surface area contributed by atoms with Gasteiger partial charge in [-0.15, -0.1) is 0 Å². The van der Waals surface area contributed by atoms with Gasteiger partial charge in [-0.25, -0.2) is 0 Å². The number of benzene rings is 1. The highest BCUT2D eigenvalue weighted by molar-refractivity contribution is 5.74. The maximum atomic E-state index is 9.95. The molecule has 0 heterocycles. The van der Waals surface area contributed by atoms with Crippen LogP contribution in [0.2, 0.25) is 0 Å². The molecule has 3 nitrogen and oxygen atoms in total. The van der Waals surface area contributed by atoms with Crippen molar-refractivity contribution in [1.29, 1.82) is 0 Å². The molecule has 0 radical (unpaired) electrons. The smallest absolute Gasteiger partial charge is 0.142 e. The van der Waals surface area contributed by atoms with Crippen molar-refractivity contribution in [3.05, 3.63) is 35.9 Å². The standard InChI is InChI=1S/C9H9NO.CH4O/c10-9-5-1-3-8(7-9)4-2-6-11;1-2/h1-7H,10H2;2H,1H3/b4-2+;. The molecule has 0 aliphatic carbocycles. The van der Waals surface area contributed by atoms with Crippen molar-refractivity contribution in [2.24, 2.45) is 0 Å². The minimum Gasteiger partial charge on any atom is -0.400 e. The summed E-state index contributed by atoms with van der Waals surface area (Å²) in [5.41, 5.74) is 7.16. The maximum Gasteiger partial charge on any atom is 0.142 e. The van der Waals surface area contributed by atoms with Gasteiger partial charge in [-0.05, 0) is 23.8 Å². The van der Waals surface area contributed by atoms with E-state index in [9.17, 15) is 4.79 Å². The van der Waals surface area contributed by atoms with Gasteiger partial charge in [-0.3, -0.25) is 4.79 Å². The number of nitrogens with two attached hydrogens (primary N) is 1. The molecule has 70 valence electrons. The van der Waals surface area contributed by atoms with Gasteiger partial charge in [0, 0.05) is 12.8 Å². The number of nitrogen functional groups attached to an aromatic ring is 1. The summed E-state index contributed by atoms with van der Waals surface area (Å²) in [6, 6.07) is 7.34. The molecule has 13 heavy (non-hydrogen) atoms. The second kappa shape index (κ2) is 7.06. The summed E-state index contributed by atoms with van der Waals surface area (Å²) >= 11 is 0. The molecule has 1 aromatic rings. The second-order valence-corrected chi connectivity index (χ2v) is 2.17.